The van der Waals surface area contributed by atoms with Gasteiger partial charge in [-0.25, -0.2) is 4.79 Å². The quantitative estimate of drug-likeness (QED) is 0.807. The summed E-state index contributed by atoms with van der Waals surface area (Å²) in [6, 6.07) is 14.1. The van der Waals surface area contributed by atoms with Crippen LogP contribution >= 0.6 is 0 Å². The topological polar surface area (TPSA) is 88.4 Å². The van der Waals surface area contributed by atoms with Gasteiger partial charge in [0.1, 0.15) is 5.75 Å². The van der Waals surface area contributed by atoms with Crippen molar-refractivity contribution in [2.24, 2.45) is 0 Å². The molecule has 0 saturated carbocycles. The third kappa shape index (κ3) is 5.35. The normalized spacial score (nSPS) is 11.2. The van der Waals surface area contributed by atoms with Gasteiger partial charge in [0.15, 0.2) is 12.7 Å². The van der Waals surface area contributed by atoms with Gasteiger partial charge in [-0.05, 0) is 62.2 Å². The highest BCUT2D eigenvalue weighted by Gasteiger charge is 2.18. The fraction of sp³-hybridized carbons (Fsp3) is 0.250. The van der Waals surface area contributed by atoms with Gasteiger partial charge < -0.3 is 14.8 Å². The van der Waals surface area contributed by atoms with E-state index in [4.69, 9.17) is 14.7 Å². The molecular weight excluding hydrogens is 332 g/mol. The summed E-state index contributed by atoms with van der Waals surface area (Å²) < 4.78 is 10.6. The summed E-state index contributed by atoms with van der Waals surface area (Å²) >= 11 is 0. The zero-order valence-corrected chi connectivity index (χ0v) is 14.9. The van der Waals surface area contributed by atoms with Crippen LogP contribution in [-0.4, -0.2) is 24.6 Å². The zero-order chi connectivity index (χ0) is 19.1. The van der Waals surface area contributed by atoms with Gasteiger partial charge in [-0.3, -0.25) is 4.79 Å². The molecule has 0 aliphatic carbocycles. The van der Waals surface area contributed by atoms with Gasteiger partial charge in [-0.1, -0.05) is 12.1 Å². The molecule has 0 bridgehead atoms. The molecule has 0 saturated heterocycles. The van der Waals surface area contributed by atoms with Crippen molar-refractivity contribution in [3.05, 3.63) is 59.2 Å². The molecule has 1 N–H and O–H groups in total. The van der Waals surface area contributed by atoms with Crippen LogP contribution in [0.25, 0.3) is 0 Å². The molecule has 0 aromatic heterocycles. The second kappa shape index (κ2) is 8.67. The van der Waals surface area contributed by atoms with Crippen molar-refractivity contribution in [2.75, 3.05) is 11.9 Å². The average molecular weight is 352 g/mol. The summed E-state index contributed by atoms with van der Waals surface area (Å²) in [4.78, 5) is 24.0. The maximum absolute atomic E-state index is 12.1. The van der Waals surface area contributed by atoms with Crippen LogP contribution in [0.5, 0.6) is 5.75 Å². The molecule has 0 radical (unpaired) electrons. The third-order valence-corrected chi connectivity index (χ3v) is 3.65. The van der Waals surface area contributed by atoms with Gasteiger partial charge in [-0.2, -0.15) is 5.26 Å². The van der Waals surface area contributed by atoms with E-state index in [1.54, 1.807) is 24.3 Å². The largest absolute Gasteiger partial charge is 0.482 e. The average Bonchev–Trinajstić information content (AvgIpc) is 2.63. The van der Waals surface area contributed by atoms with Crippen molar-refractivity contribution in [3.63, 3.8) is 0 Å². The van der Waals surface area contributed by atoms with Gasteiger partial charge in [0.25, 0.3) is 5.91 Å². The standard InChI is InChI=1S/C20H20N2O4/c1-13-4-5-14(2)18(10-13)25-12-19(23)26-15(3)20(24)22-17-8-6-16(11-21)7-9-17/h4-10,15H,12H2,1-3H3,(H,22,24)/t15-/m0/s1. The van der Waals surface area contributed by atoms with Crippen LogP contribution in [0.4, 0.5) is 5.69 Å². The Morgan fingerprint density at radius 1 is 1.15 bits per heavy atom. The lowest BCUT2D eigenvalue weighted by Gasteiger charge is -2.14. The number of rotatable bonds is 6. The first kappa shape index (κ1) is 19.0. The number of aryl methyl sites for hydroxylation is 2. The maximum atomic E-state index is 12.1. The smallest absolute Gasteiger partial charge is 0.344 e. The van der Waals surface area contributed by atoms with E-state index in [9.17, 15) is 9.59 Å². The van der Waals surface area contributed by atoms with Crippen molar-refractivity contribution < 1.29 is 19.1 Å². The summed E-state index contributed by atoms with van der Waals surface area (Å²) in [6.45, 7) is 5.02. The molecule has 134 valence electrons. The fourth-order valence-electron chi connectivity index (χ4n) is 2.16. The molecule has 26 heavy (non-hydrogen) atoms. The van der Waals surface area contributed by atoms with Crippen molar-refractivity contribution in [1.29, 1.82) is 5.26 Å². The first-order valence-corrected chi connectivity index (χ1v) is 8.09. The van der Waals surface area contributed by atoms with E-state index in [2.05, 4.69) is 5.32 Å². The van der Waals surface area contributed by atoms with E-state index < -0.39 is 18.0 Å². The van der Waals surface area contributed by atoms with Crippen LogP contribution in [0, 0.1) is 25.2 Å². The van der Waals surface area contributed by atoms with E-state index in [1.807, 2.05) is 38.1 Å². The third-order valence-electron chi connectivity index (χ3n) is 3.65. The first-order valence-electron chi connectivity index (χ1n) is 8.09. The van der Waals surface area contributed by atoms with Crippen LogP contribution in [-0.2, 0) is 14.3 Å². The zero-order valence-electron chi connectivity index (χ0n) is 14.9. The second-order valence-electron chi connectivity index (χ2n) is 5.87. The molecule has 1 atom stereocenters. The van der Waals surface area contributed by atoms with Crippen molar-refractivity contribution in [1.82, 2.24) is 0 Å². The van der Waals surface area contributed by atoms with Crippen molar-refractivity contribution in [2.45, 2.75) is 26.9 Å². The molecular formula is C20H20N2O4. The Kier molecular flexibility index (Phi) is 6.34. The number of benzene rings is 2. The summed E-state index contributed by atoms with van der Waals surface area (Å²) in [7, 11) is 0. The lowest BCUT2D eigenvalue weighted by Crippen LogP contribution is -2.31. The highest BCUT2D eigenvalue weighted by Crippen LogP contribution is 2.19. The number of nitrogens with zero attached hydrogens (tertiary/aromatic N) is 1. The summed E-state index contributed by atoms with van der Waals surface area (Å²) in [5, 5.41) is 11.4. The monoisotopic (exact) mass is 352 g/mol. The molecule has 2 aromatic carbocycles. The Morgan fingerprint density at radius 3 is 2.50 bits per heavy atom. The number of carbonyl (C=O) groups excluding carboxylic acids is 2. The van der Waals surface area contributed by atoms with Gasteiger partial charge in [0.05, 0.1) is 11.6 Å². The van der Waals surface area contributed by atoms with Crippen LogP contribution in [0.2, 0.25) is 0 Å². The van der Waals surface area contributed by atoms with Gasteiger partial charge in [-0.15, -0.1) is 0 Å². The minimum absolute atomic E-state index is 0.279. The molecule has 0 aliphatic rings. The number of ether oxygens (including phenoxy) is 2. The summed E-state index contributed by atoms with van der Waals surface area (Å²) in [6.07, 6.45) is -0.972. The molecule has 0 aliphatic heterocycles. The maximum Gasteiger partial charge on any atom is 0.344 e. The number of hydrogen-bond acceptors (Lipinski definition) is 5. The van der Waals surface area contributed by atoms with Gasteiger partial charge in [0, 0.05) is 5.69 Å². The number of carbonyl (C=O) groups is 2. The number of esters is 1. The SMILES string of the molecule is Cc1ccc(C)c(OCC(=O)O[C@@H](C)C(=O)Nc2ccc(C#N)cc2)c1. The number of nitriles is 1. The van der Waals surface area contributed by atoms with E-state index in [0.717, 1.165) is 11.1 Å². The van der Waals surface area contributed by atoms with Crippen LogP contribution in [0.1, 0.15) is 23.6 Å². The molecule has 6 nitrogen and oxygen atoms in total. The number of amides is 1. The number of hydrogen-bond donors (Lipinski definition) is 1. The molecule has 0 unspecified atom stereocenters. The molecule has 0 spiro atoms. The summed E-state index contributed by atoms with van der Waals surface area (Å²) in [5.41, 5.74) is 2.94. The molecule has 2 rings (SSSR count). The van der Waals surface area contributed by atoms with Crippen LogP contribution in [0.3, 0.4) is 0 Å². The Bertz CT molecular complexity index is 838. The predicted octanol–water partition coefficient (Wildman–Crippen LogP) is 3.12. The fourth-order valence-corrected chi connectivity index (χ4v) is 2.16. The Balaban J connectivity index is 1.84. The van der Waals surface area contributed by atoms with Crippen molar-refractivity contribution in [3.8, 4) is 11.8 Å². The van der Waals surface area contributed by atoms with E-state index in [1.165, 1.54) is 6.92 Å². The highest BCUT2D eigenvalue weighted by atomic mass is 16.6. The van der Waals surface area contributed by atoms with Gasteiger partial charge in [0.2, 0.25) is 0 Å². The summed E-state index contributed by atoms with van der Waals surface area (Å²) in [5.74, 6) is -0.486. The molecule has 2 aromatic rings. The Hall–Kier alpha value is -3.33. The lowest BCUT2D eigenvalue weighted by atomic mass is 10.1. The van der Waals surface area contributed by atoms with Gasteiger partial charge >= 0.3 is 5.97 Å². The number of anilines is 1. The minimum Gasteiger partial charge on any atom is -0.482 e. The van der Waals surface area contributed by atoms with E-state index >= 15 is 0 Å². The molecule has 0 fully saturated rings. The van der Waals surface area contributed by atoms with E-state index in [0.29, 0.717) is 17.0 Å². The second-order valence-corrected chi connectivity index (χ2v) is 5.87. The molecule has 0 heterocycles. The minimum atomic E-state index is -0.972. The molecule has 6 heteroatoms. The van der Waals surface area contributed by atoms with E-state index in [-0.39, 0.29) is 6.61 Å². The predicted molar refractivity (Wildman–Crippen MR) is 96.8 cm³/mol. The lowest BCUT2D eigenvalue weighted by molar-refractivity contribution is -0.155. The van der Waals surface area contributed by atoms with Crippen molar-refractivity contribution >= 4 is 17.6 Å². The Morgan fingerprint density at radius 2 is 1.85 bits per heavy atom. The molecule has 1 amide bonds. The van der Waals surface area contributed by atoms with Crippen LogP contribution < -0.4 is 10.1 Å². The Labute approximate surface area is 152 Å². The number of nitrogens with one attached hydrogen (secondary N) is 1. The first-order chi connectivity index (χ1) is 12.4. The highest BCUT2D eigenvalue weighted by molar-refractivity contribution is 5.95. The van der Waals surface area contributed by atoms with Crippen LogP contribution in [0.15, 0.2) is 42.5 Å².